The first-order valence-corrected chi connectivity index (χ1v) is 6.60. The van der Waals surface area contributed by atoms with Gasteiger partial charge in [-0.05, 0) is 30.3 Å². The molecule has 110 valence electrons. The van der Waals surface area contributed by atoms with Gasteiger partial charge in [0.1, 0.15) is 12.4 Å². The molecule has 0 bridgehead atoms. The van der Waals surface area contributed by atoms with Crippen molar-refractivity contribution in [3.63, 3.8) is 0 Å². The Morgan fingerprint density at radius 3 is 2.57 bits per heavy atom. The maximum absolute atomic E-state index is 10.6. The molecule has 0 atom stereocenters. The lowest BCUT2D eigenvalue weighted by molar-refractivity contribution is -0.384. The van der Waals surface area contributed by atoms with Crippen LogP contribution in [0.25, 0.3) is 0 Å². The lowest BCUT2D eigenvalue weighted by atomic mass is 10.3. The second-order valence-corrected chi connectivity index (χ2v) is 4.67. The minimum atomic E-state index is -0.486. The van der Waals surface area contributed by atoms with Gasteiger partial charge in [0.05, 0.1) is 15.6 Å². The van der Waals surface area contributed by atoms with E-state index in [-0.39, 0.29) is 5.69 Å². The number of nitrogen functional groups attached to an aromatic ring is 1. The molecule has 0 saturated heterocycles. The van der Waals surface area contributed by atoms with E-state index in [1.807, 2.05) is 0 Å². The topological polar surface area (TPSA) is 90.4 Å². The number of nitrogens with two attached hydrogens (primary N) is 1. The van der Waals surface area contributed by atoms with E-state index in [1.165, 1.54) is 12.1 Å². The van der Waals surface area contributed by atoms with E-state index in [0.717, 1.165) is 5.75 Å². The molecule has 7 heteroatoms. The number of anilines is 2. The van der Waals surface area contributed by atoms with Crippen molar-refractivity contribution >= 4 is 28.7 Å². The molecule has 0 spiro atoms. The van der Waals surface area contributed by atoms with Gasteiger partial charge in [0.15, 0.2) is 0 Å². The van der Waals surface area contributed by atoms with Crippen LogP contribution in [0.15, 0.2) is 42.5 Å². The number of halogens is 1. The molecule has 0 radical (unpaired) electrons. The van der Waals surface area contributed by atoms with Crippen LogP contribution in [-0.4, -0.2) is 18.1 Å². The standard InChI is InChI=1S/C14H14ClN3O3/c15-13-9-11(18(19)20)3-6-14(13)17-7-8-21-12-4-1-10(16)2-5-12/h1-6,9,17H,7-8,16H2. The fraction of sp³-hybridized carbons (Fsp3) is 0.143. The van der Waals surface area contributed by atoms with Crippen LogP contribution in [0.2, 0.25) is 5.02 Å². The van der Waals surface area contributed by atoms with Gasteiger partial charge in [0.2, 0.25) is 0 Å². The molecule has 0 aromatic heterocycles. The Labute approximate surface area is 126 Å². The molecular formula is C14H14ClN3O3. The fourth-order valence-corrected chi connectivity index (χ4v) is 1.92. The predicted octanol–water partition coefficient (Wildman–Crippen LogP) is 3.32. The average molecular weight is 308 g/mol. The van der Waals surface area contributed by atoms with E-state index in [1.54, 1.807) is 30.3 Å². The van der Waals surface area contributed by atoms with E-state index >= 15 is 0 Å². The summed E-state index contributed by atoms with van der Waals surface area (Å²) in [6, 6.07) is 11.4. The summed E-state index contributed by atoms with van der Waals surface area (Å²) in [5.74, 6) is 0.723. The first-order chi connectivity index (χ1) is 10.1. The number of nitro groups is 1. The average Bonchev–Trinajstić information content (AvgIpc) is 2.46. The van der Waals surface area contributed by atoms with Gasteiger partial charge < -0.3 is 15.8 Å². The second-order valence-electron chi connectivity index (χ2n) is 4.27. The highest BCUT2D eigenvalue weighted by molar-refractivity contribution is 6.33. The normalized spacial score (nSPS) is 10.1. The highest BCUT2D eigenvalue weighted by Crippen LogP contribution is 2.26. The number of rotatable bonds is 6. The molecule has 0 unspecified atom stereocenters. The Hall–Kier alpha value is -2.47. The number of nitrogens with zero attached hydrogens (tertiary/aromatic N) is 1. The number of non-ortho nitro benzene ring substituents is 1. The number of hydrogen-bond acceptors (Lipinski definition) is 5. The summed E-state index contributed by atoms with van der Waals surface area (Å²) < 4.78 is 5.52. The van der Waals surface area contributed by atoms with Gasteiger partial charge in [0, 0.05) is 24.4 Å². The Balaban J connectivity index is 1.83. The van der Waals surface area contributed by atoms with Crippen molar-refractivity contribution in [3.05, 3.63) is 57.6 Å². The van der Waals surface area contributed by atoms with Gasteiger partial charge in [-0.25, -0.2) is 0 Å². The summed E-state index contributed by atoms with van der Waals surface area (Å²) >= 11 is 5.97. The van der Waals surface area contributed by atoms with Crippen LogP contribution < -0.4 is 15.8 Å². The van der Waals surface area contributed by atoms with E-state index in [2.05, 4.69) is 5.32 Å². The van der Waals surface area contributed by atoms with Crippen molar-refractivity contribution in [2.75, 3.05) is 24.2 Å². The van der Waals surface area contributed by atoms with E-state index in [4.69, 9.17) is 22.1 Å². The number of ether oxygens (including phenoxy) is 1. The molecule has 0 saturated carbocycles. The summed E-state index contributed by atoms with van der Waals surface area (Å²) in [7, 11) is 0. The van der Waals surface area contributed by atoms with Crippen molar-refractivity contribution in [2.45, 2.75) is 0 Å². The quantitative estimate of drug-likeness (QED) is 0.370. The Morgan fingerprint density at radius 2 is 1.95 bits per heavy atom. The molecule has 0 heterocycles. The number of nitrogens with one attached hydrogen (secondary N) is 1. The molecule has 0 aliphatic rings. The predicted molar refractivity (Wildman–Crippen MR) is 82.9 cm³/mol. The molecule has 21 heavy (non-hydrogen) atoms. The zero-order valence-corrected chi connectivity index (χ0v) is 11.8. The summed E-state index contributed by atoms with van der Waals surface area (Å²) in [6.45, 7) is 0.944. The minimum Gasteiger partial charge on any atom is -0.492 e. The van der Waals surface area contributed by atoms with Crippen LogP contribution in [0.1, 0.15) is 0 Å². The molecule has 3 N–H and O–H groups in total. The zero-order valence-electron chi connectivity index (χ0n) is 11.1. The highest BCUT2D eigenvalue weighted by Gasteiger charge is 2.08. The number of nitro benzene ring substituents is 1. The Kier molecular flexibility index (Phi) is 4.84. The summed E-state index contributed by atoms with van der Waals surface area (Å²) in [5, 5.41) is 14.0. The van der Waals surface area contributed by atoms with Gasteiger partial charge in [0.25, 0.3) is 5.69 Å². The number of hydrogen-bond donors (Lipinski definition) is 2. The number of benzene rings is 2. The highest BCUT2D eigenvalue weighted by atomic mass is 35.5. The van der Waals surface area contributed by atoms with Gasteiger partial charge in [-0.1, -0.05) is 11.6 Å². The Bertz CT molecular complexity index is 632. The summed E-state index contributed by atoms with van der Waals surface area (Å²) in [4.78, 5) is 10.1. The van der Waals surface area contributed by atoms with E-state index in [0.29, 0.717) is 29.5 Å². The second kappa shape index (κ2) is 6.81. The maximum Gasteiger partial charge on any atom is 0.271 e. The van der Waals surface area contributed by atoms with Gasteiger partial charge in [-0.2, -0.15) is 0 Å². The van der Waals surface area contributed by atoms with E-state index in [9.17, 15) is 10.1 Å². The minimum absolute atomic E-state index is 0.0383. The van der Waals surface area contributed by atoms with Gasteiger partial charge in [-0.15, -0.1) is 0 Å². The van der Waals surface area contributed by atoms with Crippen molar-refractivity contribution in [1.29, 1.82) is 0 Å². The van der Waals surface area contributed by atoms with Gasteiger partial charge in [-0.3, -0.25) is 10.1 Å². The van der Waals surface area contributed by atoms with Crippen molar-refractivity contribution in [1.82, 2.24) is 0 Å². The lowest BCUT2D eigenvalue weighted by Crippen LogP contribution is -2.11. The lowest BCUT2D eigenvalue weighted by Gasteiger charge is -2.10. The Morgan fingerprint density at radius 1 is 1.24 bits per heavy atom. The first-order valence-electron chi connectivity index (χ1n) is 6.22. The summed E-state index contributed by atoms with van der Waals surface area (Å²) in [5.41, 5.74) is 6.85. The van der Waals surface area contributed by atoms with Crippen molar-refractivity contribution in [2.24, 2.45) is 0 Å². The van der Waals surface area contributed by atoms with Crippen LogP contribution in [0.5, 0.6) is 5.75 Å². The monoisotopic (exact) mass is 307 g/mol. The molecular weight excluding hydrogens is 294 g/mol. The van der Waals surface area contributed by atoms with E-state index < -0.39 is 4.92 Å². The van der Waals surface area contributed by atoms with Crippen LogP contribution in [0.4, 0.5) is 17.1 Å². The van der Waals surface area contributed by atoms with Crippen molar-refractivity contribution in [3.8, 4) is 5.75 Å². The zero-order chi connectivity index (χ0) is 15.2. The molecule has 0 aliphatic heterocycles. The molecule has 2 aromatic rings. The largest absolute Gasteiger partial charge is 0.492 e. The molecule has 2 rings (SSSR count). The molecule has 2 aromatic carbocycles. The fourth-order valence-electron chi connectivity index (χ4n) is 1.68. The SMILES string of the molecule is Nc1ccc(OCCNc2ccc([N+](=O)[O-])cc2Cl)cc1. The third kappa shape index (κ3) is 4.25. The smallest absolute Gasteiger partial charge is 0.271 e. The van der Waals surface area contributed by atoms with Crippen LogP contribution in [0.3, 0.4) is 0 Å². The van der Waals surface area contributed by atoms with Gasteiger partial charge >= 0.3 is 0 Å². The summed E-state index contributed by atoms with van der Waals surface area (Å²) in [6.07, 6.45) is 0. The maximum atomic E-state index is 10.6. The third-order valence-electron chi connectivity index (χ3n) is 2.73. The molecule has 0 fully saturated rings. The van der Waals surface area contributed by atoms with Crippen LogP contribution in [0, 0.1) is 10.1 Å². The van der Waals surface area contributed by atoms with Crippen LogP contribution in [-0.2, 0) is 0 Å². The van der Waals surface area contributed by atoms with Crippen molar-refractivity contribution < 1.29 is 9.66 Å². The van der Waals surface area contributed by atoms with Crippen LogP contribution >= 0.6 is 11.6 Å². The molecule has 6 nitrogen and oxygen atoms in total. The molecule has 0 amide bonds. The molecule has 0 aliphatic carbocycles. The third-order valence-corrected chi connectivity index (χ3v) is 3.04. The first kappa shape index (κ1) is 14.9.